The predicted molar refractivity (Wildman–Crippen MR) is 109 cm³/mol. The lowest BCUT2D eigenvalue weighted by Gasteiger charge is -2.29. The largest absolute Gasteiger partial charge is 0.506 e. The van der Waals surface area contributed by atoms with Crippen molar-refractivity contribution in [2.75, 3.05) is 6.54 Å². The molecule has 31 heavy (non-hydrogen) atoms. The number of nitriles is 1. The van der Waals surface area contributed by atoms with Gasteiger partial charge in [-0.25, -0.2) is 0 Å². The molecule has 1 aliphatic heterocycles. The number of carbonyl (C=O) groups is 2. The number of pyridine rings is 1. The lowest BCUT2D eigenvalue weighted by atomic mass is 10.0. The summed E-state index contributed by atoms with van der Waals surface area (Å²) in [7, 11) is 0. The number of carbonyl (C=O) groups excluding carboxylic acids is 1. The van der Waals surface area contributed by atoms with Crippen LogP contribution in [0.5, 0.6) is 11.5 Å². The van der Waals surface area contributed by atoms with Crippen molar-refractivity contribution in [1.82, 2.24) is 9.88 Å². The normalized spacial score (nSPS) is 14.5. The van der Waals surface area contributed by atoms with Crippen molar-refractivity contribution in [3.8, 4) is 17.6 Å². The first-order chi connectivity index (χ1) is 14.8. The highest BCUT2D eigenvalue weighted by Gasteiger charge is 2.30. The van der Waals surface area contributed by atoms with Gasteiger partial charge >= 0.3 is 5.97 Å². The van der Waals surface area contributed by atoms with E-state index in [1.807, 2.05) is 6.07 Å². The van der Waals surface area contributed by atoms with Gasteiger partial charge < -0.3 is 20.3 Å². The molecule has 9 heteroatoms. The van der Waals surface area contributed by atoms with Crippen molar-refractivity contribution >= 4 is 22.8 Å². The number of aryl methyl sites for hydroxylation is 1. The van der Waals surface area contributed by atoms with Crippen LogP contribution in [0.3, 0.4) is 0 Å². The zero-order chi connectivity index (χ0) is 22.3. The standard InChI is InChI=1S/C22H17N3O6/c1-11-6-14-19-15(7-11)31-16(13-4-2-12(8-23)3-5-13)10-25(19)22(30)18(20(14)28)21(29)24-9-17(26)27/h2-7,16,28H,9-10H2,1H3,(H,24,29)(H,26,27). The first-order valence-corrected chi connectivity index (χ1v) is 9.37. The summed E-state index contributed by atoms with van der Waals surface area (Å²) in [5, 5.41) is 30.9. The Labute approximate surface area is 175 Å². The molecular weight excluding hydrogens is 402 g/mol. The Hall–Kier alpha value is -4.32. The number of hydrogen-bond acceptors (Lipinski definition) is 6. The van der Waals surface area contributed by atoms with Crippen LogP contribution in [-0.2, 0) is 11.3 Å². The van der Waals surface area contributed by atoms with Crippen LogP contribution >= 0.6 is 0 Å². The summed E-state index contributed by atoms with van der Waals surface area (Å²) in [5.74, 6) is -2.40. The summed E-state index contributed by atoms with van der Waals surface area (Å²) >= 11 is 0. The molecule has 4 rings (SSSR count). The van der Waals surface area contributed by atoms with Gasteiger partial charge in [0.05, 0.1) is 23.7 Å². The van der Waals surface area contributed by atoms with Gasteiger partial charge in [-0.3, -0.25) is 19.0 Å². The van der Waals surface area contributed by atoms with Crippen LogP contribution in [0, 0.1) is 18.3 Å². The molecule has 3 N–H and O–H groups in total. The molecule has 9 nitrogen and oxygen atoms in total. The topological polar surface area (TPSA) is 142 Å². The zero-order valence-electron chi connectivity index (χ0n) is 16.4. The summed E-state index contributed by atoms with van der Waals surface area (Å²) in [6, 6.07) is 12.1. The number of aromatic hydroxyl groups is 1. The minimum Gasteiger partial charge on any atom is -0.506 e. The molecule has 0 aliphatic carbocycles. The number of nitrogens with one attached hydrogen (secondary N) is 1. The first kappa shape index (κ1) is 20.0. The van der Waals surface area contributed by atoms with Crippen molar-refractivity contribution in [2.24, 2.45) is 0 Å². The van der Waals surface area contributed by atoms with E-state index in [0.717, 1.165) is 11.1 Å². The van der Waals surface area contributed by atoms with E-state index in [1.54, 1.807) is 43.3 Å². The zero-order valence-corrected chi connectivity index (χ0v) is 16.4. The van der Waals surface area contributed by atoms with Crippen LogP contribution in [0.4, 0.5) is 0 Å². The van der Waals surface area contributed by atoms with E-state index in [2.05, 4.69) is 5.32 Å². The van der Waals surface area contributed by atoms with Crippen molar-refractivity contribution < 1.29 is 24.5 Å². The predicted octanol–water partition coefficient (Wildman–Crippen LogP) is 1.84. The highest BCUT2D eigenvalue weighted by atomic mass is 16.5. The minimum absolute atomic E-state index is 0.0663. The average Bonchev–Trinajstić information content (AvgIpc) is 2.75. The van der Waals surface area contributed by atoms with E-state index in [9.17, 15) is 19.5 Å². The fraction of sp³-hybridized carbons (Fsp3) is 0.182. The van der Waals surface area contributed by atoms with Gasteiger partial charge in [0.1, 0.15) is 29.7 Å². The van der Waals surface area contributed by atoms with Crippen LogP contribution in [0.1, 0.15) is 33.2 Å². The van der Waals surface area contributed by atoms with Crippen LogP contribution in [0.15, 0.2) is 41.2 Å². The summed E-state index contributed by atoms with van der Waals surface area (Å²) in [4.78, 5) is 36.5. The van der Waals surface area contributed by atoms with E-state index in [0.29, 0.717) is 16.8 Å². The molecule has 1 amide bonds. The van der Waals surface area contributed by atoms with E-state index < -0.39 is 41.4 Å². The van der Waals surface area contributed by atoms with Gasteiger partial charge in [-0.2, -0.15) is 5.26 Å². The van der Waals surface area contributed by atoms with Crippen molar-refractivity contribution in [1.29, 1.82) is 5.26 Å². The molecule has 2 heterocycles. The maximum atomic E-state index is 13.2. The second kappa shape index (κ2) is 7.50. The first-order valence-electron chi connectivity index (χ1n) is 9.37. The van der Waals surface area contributed by atoms with Crippen molar-refractivity contribution in [3.63, 3.8) is 0 Å². The van der Waals surface area contributed by atoms with Crippen LogP contribution in [-0.4, -0.2) is 33.2 Å². The molecule has 1 unspecified atom stereocenters. The highest BCUT2D eigenvalue weighted by molar-refractivity contribution is 6.04. The summed E-state index contributed by atoms with van der Waals surface area (Å²) in [6.45, 7) is 1.16. The Balaban J connectivity index is 1.88. The van der Waals surface area contributed by atoms with E-state index in [4.69, 9.17) is 15.1 Å². The summed E-state index contributed by atoms with van der Waals surface area (Å²) < 4.78 is 7.45. The van der Waals surface area contributed by atoms with Gasteiger partial charge in [0.2, 0.25) is 0 Å². The fourth-order valence-electron chi connectivity index (χ4n) is 3.69. The van der Waals surface area contributed by atoms with Gasteiger partial charge in [-0.15, -0.1) is 0 Å². The molecule has 1 atom stereocenters. The molecule has 0 bridgehead atoms. The van der Waals surface area contributed by atoms with E-state index >= 15 is 0 Å². The maximum Gasteiger partial charge on any atom is 0.322 e. The number of amides is 1. The van der Waals surface area contributed by atoms with Crippen LogP contribution in [0.2, 0.25) is 0 Å². The summed E-state index contributed by atoms with van der Waals surface area (Å²) in [5.41, 5.74) is 1.03. The molecule has 2 aromatic carbocycles. The maximum absolute atomic E-state index is 13.2. The third kappa shape index (κ3) is 3.44. The number of benzene rings is 2. The monoisotopic (exact) mass is 419 g/mol. The van der Waals surface area contributed by atoms with Gasteiger partial charge in [0.25, 0.3) is 11.5 Å². The number of carboxylic acid groups (broad SMARTS) is 1. The van der Waals surface area contributed by atoms with Gasteiger partial charge in [0.15, 0.2) is 0 Å². The molecular formula is C22H17N3O6. The second-order valence-electron chi connectivity index (χ2n) is 7.22. The molecule has 0 saturated carbocycles. The highest BCUT2D eigenvalue weighted by Crippen LogP contribution is 2.39. The quantitative estimate of drug-likeness (QED) is 0.586. The van der Waals surface area contributed by atoms with E-state index in [1.165, 1.54) is 4.57 Å². The minimum atomic E-state index is -1.28. The van der Waals surface area contributed by atoms with Crippen molar-refractivity contribution in [2.45, 2.75) is 19.6 Å². The molecule has 156 valence electrons. The number of hydrogen-bond donors (Lipinski definition) is 3. The third-order valence-electron chi connectivity index (χ3n) is 5.10. The SMILES string of the molecule is Cc1cc2c3c(c1)c(O)c(C(=O)NCC(=O)O)c(=O)n3CC(c1ccc(C#N)cc1)O2. The van der Waals surface area contributed by atoms with Gasteiger partial charge in [-0.1, -0.05) is 12.1 Å². The van der Waals surface area contributed by atoms with Gasteiger partial charge in [0, 0.05) is 5.39 Å². The fourth-order valence-corrected chi connectivity index (χ4v) is 3.69. The number of aliphatic carboxylic acids is 1. The Morgan fingerprint density at radius 1 is 1.29 bits per heavy atom. The van der Waals surface area contributed by atoms with Gasteiger partial charge in [-0.05, 0) is 42.3 Å². The number of rotatable bonds is 4. The number of nitrogens with zero attached hydrogens (tertiary/aromatic N) is 2. The second-order valence-corrected chi connectivity index (χ2v) is 7.22. The lowest BCUT2D eigenvalue weighted by Crippen LogP contribution is -2.38. The molecule has 3 aromatic rings. The summed E-state index contributed by atoms with van der Waals surface area (Å²) in [6.07, 6.45) is -0.567. The number of aromatic nitrogens is 1. The Morgan fingerprint density at radius 3 is 2.65 bits per heavy atom. The Morgan fingerprint density at radius 2 is 2.00 bits per heavy atom. The molecule has 0 saturated heterocycles. The number of ether oxygens (including phenoxy) is 1. The molecule has 1 aromatic heterocycles. The smallest absolute Gasteiger partial charge is 0.322 e. The van der Waals surface area contributed by atoms with E-state index in [-0.39, 0.29) is 11.9 Å². The molecule has 0 fully saturated rings. The molecule has 1 aliphatic rings. The molecule has 0 spiro atoms. The average molecular weight is 419 g/mol. The Bertz CT molecular complexity index is 1330. The molecule has 0 radical (unpaired) electrons. The Kier molecular flexibility index (Phi) is 4.83. The van der Waals surface area contributed by atoms with Crippen molar-refractivity contribution in [3.05, 3.63) is 69.0 Å². The lowest BCUT2D eigenvalue weighted by molar-refractivity contribution is -0.135. The van der Waals surface area contributed by atoms with Crippen LogP contribution in [0.25, 0.3) is 10.9 Å². The number of carboxylic acids is 1. The van der Waals surface area contributed by atoms with Crippen LogP contribution < -0.4 is 15.6 Å². The third-order valence-corrected chi connectivity index (χ3v) is 5.10.